The van der Waals surface area contributed by atoms with Crippen molar-refractivity contribution in [1.29, 1.82) is 0 Å². The summed E-state index contributed by atoms with van der Waals surface area (Å²) in [4.78, 5) is 12.2. The minimum Gasteiger partial charge on any atom is -0.394 e. The molecule has 0 spiro atoms. The maximum Gasteiger partial charge on any atom is 0.251 e. The Balaban J connectivity index is 3.23. The molecule has 1 rings (SSSR count). The highest BCUT2D eigenvalue weighted by Gasteiger charge is 2.24. The van der Waals surface area contributed by atoms with Crippen molar-refractivity contribution < 1.29 is 18.3 Å². The summed E-state index contributed by atoms with van der Waals surface area (Å²) in [7, 11) is -3.62. The topological polar surface area (TPSA) is 86.7 Å². The van der Waals surface area contributed by atoms with Gasteiger partial charge in [0.1, 0.15) is 0 Å². The highest BCUT2D eigenvalue weighted by atomic mass is 32.2. The molecule has 0 bridgehead atoms. The zero-order chi connectivity index (χ0) is 16.9. The zero-order valence-corrected chi connectivity index (χ0v) is 14.3. The van der Waals surface area contributed by atoms with Gasteiger partial charge in [0, 0.05) is 24.7 Å². The predicted molar refractivity (Wildman–Crippen MR) is 85.3 cm³/mol. The molecule has 0 aliphatic carbocycles. The molecule has 1 aromatic carbocycles. The maximum atomic E-state index is 12.6. The Hall–Kier alpha value is -1.44. The average molecular weight is 328 g/mol. The molecule has 0 saturated carbocycles. The Morgan fingerprint density at radius 2 is 1.91 bits per heavy atom. The van der Waals surface area contributed by atoms with Crippen LogP contribution < -0.4 is 5.32 Å². The second-order valence-electron chi connectivity index (χ2n) is 5.13. The Kier molecular flexibility index (Phi) is 6.52. The first-order chi connectivity index (χ1) is 10.3. The lowest BCUT2D eigenvalue weighted by Crippen LogP contribution is -2.35. The van der Waals surface area contributed by atoms with Gasteiger partial charge < -0.3 is 10.4 Å². The molecule has 1 aromatic rings. The second-order valence-corrected chi connectivity index (χ2v) is 7.03. The van der Waals surface area contributed by atoms with Crippen LogP contribution in [0.15, 0.2) is 23.1 Å². The number of amides is 1. The third-order valence-corrected chi connectivity index (χ3v) is 5.62. The van der Waals surface area contributed by atoms with Gasteiger partial charge in [-0.1, -0.05) is 19.9 Å². The number of nitrogens with one attached hydrogen (secondary N) is 1. The van der Waals surface area contributed by atoms with Gasteiger partial charge in [0.25, 0.3) is 5.91 Å². The van der Waals surface area contributed by atoms with Crippen LogP contribution in [0.5, 0.6) is 0 Å². The van der Waals surface area contributed by atoms with Crippen molar-refractivity contribution in [1.82, 2.24) is 9.62 Å². The number of nitrogens with zero attached hydrogens (tertiary/aromatic N) is 1. The first-order valence-corrected chi connectivity index (χ1v) is 8.74. The molecule has 0 aromatic heterocycles. The zero-order valence-electron chi connectivity index (χ0n) is 13.5. The fraction of sp³-hybridized carbons (Fsp3) is 0.533. The minimum absolute atomic E-state index is 0.139. The number of rotatable bonds is 7. The Labute approximate surface area is 132 Å². The average Bonchev–Trinajstić information content (AvgIpc) is 2.48. The Bertz CT molecular complexity index is 624. The summed E-state index contributed by atoms with van der Waals surface area (Å²) in [5.74, 6) is -0.405. The molecule has 2 N–H and O–H groups in total. The van der Waals surface area contributed by atoms with E-state index in [-0.39, 0.29) is 17.1 Å². The normalized spacial score (nSPS) is 13.2. The van der Waals surface area contributed by atoms with Crippen LogP contribution in [0, 0.1) is 6.92 Å². The predicted octanol–water partition coefficient (Wildman–Crippen LogP) is 1.14. The van der Waals surface area contributed by atoms with E-state index in [4.69, 9.17) is 5.11 Å². The van der Waals surface area contributed by atoms with Crippen LogP contribution in [0.1, 0.15) is 36.7 Å². The Morgan fingerprint density at radius 3 is 2.41 bits per heavy atom. The van der Waals surface area contributed by atoms with Gasteiger partial charge in [0.15, 0.2) is 0 Å². The first kappa shape index (κ1) is 18.6. The smallest absolute Gasteiger partial charge is 0.251 e. The van der Waals surface area contributed by atoms with Crippen LogP contribution in [0.3, 0.4) is 0 Å². The fourth-order valence-electron chi connectivity index (χ4n) is 2.07. The molecule has 1 atom stereocenters. The lowest BCUT2D eigenvalue weighted by Gasteiger charge is -2.20. The summed E-state index contributed by atoms with van der Waals surface area (Å²) < 4.78 is 26.6. The number of hydrogen-bond acceptors (Lipinski definition) is 4. The van der Waals surface area contributed by atoms with E-state index >= 15 is 0 Å². The van der Waals surface area contributed by atoms with Crippen LogP contribution in [0.2, 0.25) is 0 Å². The minimum atomic E-state index is -3.62. The molecule has 0 radical (unpaired) electrons. The first-order valence-electron chi connectivity index (χ1n) is 7.30. The third kappa shape index (κ3) is 4.06. The summed E-state index contributed by atoms with van der Waals surface area (Å²) in [5, 5.41) is 11.6. The largest absolute Gasteiger partial charge is 0.394 e. The summed E-state index contributed by atoms with van der Waals surface area (Å²) in [6.45, 7) is 7.48. The molecule has 1 unspecified atom stereocenters. The second kappa shape index (κ2) is 7.71. The number of aliphatic hydroxyl groups is 1. The molecule has 0 aliphatic rings. The summed E-state index contributed by atoms with van der Waals surface area (Å²) in [5.41, 5.74) is 0.857. The molecule has 7 heteroatoms. The van der Waals surface area contributed by atoms with E-state index in [9.17, 15) is 13.2 Å². The van der Waals surface area contributed by atoms with E-state index < -0.39 is 22.0 Å². The van der Waals surface area contributed by atoms with Crippen LogP contribution in [0.4, 0.5) is 0 Å². The van der Waals surface area contributed by atoms with E-state index in [1.807, 2.05) is 0 Å². The van der Waals surface area contributed by atoms with Crippen molar-refractivity contribution in [3.05, 3.63) is 29.3 Å². The van der Waals surface area contributed by atoms with Crippen LogP contribution >= 0.6 is 0 Å². The standard InChI is InChI=1S/C15H24N2O4S/c1-5-17(6-2)22(20,21)14-9-13(8-7-11(14)3)15(19)16-12(4)10-18/h7-9,12,18H,5-6,10H2,1-4H3,(H,16,19). The SMILES string of the molecule is CCN(CC)S(=O)(=O)c1cc(C(=O)NC(C)CO)ccc1C. The number of aryl methyl sites for hydroxylation is 1. The molecule has 0 fully saturated rings. The van der Waals surface area contributed by atoms with Gasteiger partial charge in [-0.2, -0.15) is 4.31 Å². The molecule has 0 saturated heterocycles. The highest BCUT2D eigenvalue weighted by molar-refractivity contribution is 7.89. The van der Waals surface area contributed by atoms with Crippen molar-refractivity contribution in [3.8, 4) is 0 Å². The fourth-order valence-corrected chi connectivity index (χ4v) is 3.78. The van der Waals surface area contributed by atoms with Gasteiger partial charge in [0.05, 0.1) is 11.5 Å². The van der Waals surface area contributed by atoms with Crippen LogP contribution in [-0.2, 0) is 10.0 Å². The highest BCUT2D eigenvalue weighted by Crippen LogP contribution is 2.21. The molecule has 22 heavy (non-hydrogen) atoms. The van der Waals surface area contributed by atoms with E-state index in [2.05, 4.69) is 5.32 Å². The quantitative estimate of drug-likeness (QED) is 0.786. The summed E-state index contributed by atoms with van der Waals surface area (Å²) in [6, 6.07) is 4.20. The Morgan fingerprint density at radius 1 is 1.32 bits per heavy atom. The van der Waals surface area contributed by atoms with Crippen molar-refractivity contribution in [2.24, 2.45) is 0 Å². The third-order valence-electron chi connectivity index (χ3n) is 3.42. The molecular weight excluding hydrogens is 304 g/mol. The van der Waals surface area contributed by atoms with E-state index in [0.717, 1.165) is 0 Å². The van der Waals surface area contributed by atoms with Gasteiger partial charge in [0.2, 0.25) is 10.0 Å². The van der Waals surface area contributed by atoms with Crippen molar-refractivity contribution >= 4 is 15.9 Å². The molecular formula is C15H24N2O4S. The molecule has 1 amide bonds. The number of carbonyl (C=O) groups excluding carboxylic acids is 1. The summed E-state index contributed by atoms with van der Waals surface area (Å²) >= 11 is 0. The molecule has 0 aliphatic heterocycles. The van der Waals surface area contributed by atoms with Gasteiger partial charge >= 0.3 is 0 Å². The van der Waals surface area contributed by atoms with Gasteiger partial charge in [-0.05, 0) is 31.5 Å². The molecule has 124 valence electrons. The number of benzene rings is 1. The van der Waals surface area contributed by atoms with Crippen molar-refractivity contribution in [3.63, 3.8) is 0 Å². The monoisotopic (exact) mass is 328 g/mol. The van der Waals surface area contributed by atoms with E-state index in [1.54, 1.807) is 39.8 Å². The van der Waals surface area contributed by atoms with Crippen LogP contribution in [0.25, 0.3) is 0 Å². The molecule has 6 nitrogen and oxygen atoms in total. The van der Waals surface area contributed by atoms with Gasteiger partial charge in [-0.25, -0.2) is 8.42 Å². The van der Waals surface area contributed by atoms with Crippen LogP contribution in [-0.4, -0.2) is 49.5 Å². The lowest BCUT2D eigenvalue weighted by atomic mass is 10.1. The maximum absolute atomic E-state index is 12.6. The van der Waals surface area contributed by atoms with E-state index in [0.29, 0.717) is 18.7 Å². The number of sulfonamides is 1. The molecule has 0 heterocycles. The lowest BCUT2D eigenvalue weighted by molar-refractivity contribution is 0.0922. The number of carbonyl (C=O) groups is 1. The number of aliphatic hydroxyl groups excluding tert-OH is 1. The van der Waals surface area contributed by atoms with Gasteiger partial charge in [-0.3, -0.25) is 4.79 Å². The van der Waals surface area contributed by atoms with Crippen molar-refractivity contribution in [2.45, 2.75) is 38.6 Å². The number of hydrogen-bond donors (Lipinski definition) is 2. The van der Waals surface area contributed by atoms with Gasteiger partial charge in [-0.15, -0.1) is 0 Å². The van der Waals surface area contributed by atoms with Crippen molar-refractivity contribution in [2.75, 3.05) is 19.7 Å². The summed E-state index contributed by atoms with van der Waals surface area (Å²) in [6.07, 6.45) is 0. The van der Waals surface area contributed by atoms with E-state index in [1.165, 1.54) is 10.4 Å².